The van der Waals surface area contributed by atoms with Crippen LogP contribution in [-0.2, 0) is 0 Å². The fourth-order valence-electron chi connectivity index (χ4n) is 1.46. The molecule has 0 aliphatic heterocycles. The zero-order valence-corrected chi connectivity index (χ0v) is 10.3. The lowest BCUT2D eigenvalue weighted by Crippen LogP contribution is -2.12. The van der Waals surface area contributed by atoms with Gasteiger partial charge in [-0.3, -0.25) is 4.79 Å². The van der Waals surface area contributed by atoms with Crippen LogP contribution in [0.3, 0.4) is 0 Å². The van der Waals surface area contributed by atoms with Crippen LogP contribution < -0.4 is 15.8 Å². The Hall–Kier alpha value is -2.76. The van der Waals surface area contributed by atoms with Gasteiger partial charge in [-0.15, -0.1) is 0 Å². The Bertz CT molecular complexity index is 597. The molecule has 1 aromatic carbocycles. The van der Waals surface area contributed by atoms with Gasteiger partial charge in [-0.25, -0.2) is 4.98 Å². The van der Waals surface area contributed by atoms with E-state index >= 15 is 0 Å². The number of carbonyl (C=O) groups is 1. The number of hydrogen-bond acceptors (Lipinski definition) is 5. The fourth-order valence-corrected chi connectivity index (χ4v) is 1.46. The molecule has 19 heavy (non-hydrogen) atoms. The number of pyridine rings is 1. The van der Waals surface area contributed by atoms with E-state index in [0.717, 1.165) is 0 Å². The van der Waals surface area contributed by atoms with Gasteiger partial charge in [-0.1, -0.05) is 0 Å². The number of nitrogens with one attached hydrogen (secondary N) is 1. The predicted octanol–water partition coefficient (Wildman–Crippen LogP) is 1.63. The average molecular weight is 259 g/mol. The number of phenols is 1. The SMILES string of the molecule is COc1ccc(NC(=O)c2ccc(N)c(O)c2)cn1. The summed E-state index contributed by atoms with van der Waals surface area (Å²) in [6.07, 6.45) is 1.48. The Morgan fingerprint density at radius 2 is 2.16 bits per heavy atom. The Morgan fingerprint density at radius 3 is 2.74 bits per heavy atom. The minimum absolute atomic E-state index is 0.125. The topological polar surface area (TPSA) is 97.5 Å². The first-order valence-corrected chi connectivity index (χ1v) is 5.50. The molecule has 0 bridgehead atoms. The number of phenolic OH excluding ortho intramolecular Hbond substituents is 1. The molecular weight excluding hydrogens is 246 g/mol. The zero-order valence-electron chi connectivity index (χ0n) is 10.3. The van der Waals surface area contributed by atoms with Gasteiger partial charge in [0.2, 0.25) is 5.88 Å². The summed E-state index contributed by atoms with van der Waals surface area (Å²) in [7, 11) is 1.51. The first-order chi connectivity index (χ1) is 9.10. The number of aromatic hydroxyl groups is 1. The number of aromatic nitrogens is 1. The third kappa shape index (κ3) is 2.92. The van der Waals surface area contributed by atoms with Gasteiger partial charge < -0.3 is 20.9 Å². The van der Waals surface area contributed by atoms with Gasteiger partial charge in [-0.2, -0.15) is 0 Å². The van der Waals surface area contributed by atoms with E-state index in [9.17, 15) is 9.90 Å². The molecule has 1 aromatic heterocycles. The first kappa shape index (κ1) is 12.7. The number of amides is 1. The van der Waals surface area contributed by atoms with E-state index < -0.39 is 0 Å². The molecule has 98 valence electrons. The standard InChI is InChI=1S/C13H13N3O3/c1-19-12-5-3-9(7-15-12)16-13(18)8-2-4-10(14)11(17)6-8/h2-7,17H,14H2,1H3,(H,16,18). The number of rotatable bonds is 3. The minimum Gasteiger partial charge on any atom is -0.506 e. The van der Waals surface area contributed by atoms with Crippen molar-refractivity contribution in [3.8, 4) is 11.6 Å². The van der Waals surface area contributed by atoms with Crippen LogP contribution in [0.2, 0.25) is 0 Å². The molecule has 6 nitrogen and oxygen atoms in total. The number of hydrogen-bond donors (Lipinski definition) is 3. The second-order valence-electron chi connectivity index (χ2n) is 3.82. The van der Waals surface area contributed by atoms with Crippen molar-refractivity contribution in [1.82, 2.24) is 4.98 Å². The van der Waals surface area contributed by atoms with Crippen molar-refractivity contribution in [2.24, 2.45) is 0 Å². The van der Waals surface area contributed by atoms with Gasteiger partial charge in [0.25, 0.3) is 5.91 Å². The van der Waals surface area contributed by atoms with Crippen LogP contribution in [0.5, 0.6) is 11.6 Å². The van der Waals surface area contributed by atoms with E-state index in [-0.39, 0.29) is 17.3 Å². The molecule has 2 rings (SSSR count). The normalized spacial score (nSPS) is 9.95. The molecule has 0 saturated heterocycles. The van der Waals surface area contributed by atoms with Gasteiger partial charge in [0, 0.05) is 11.6 Å². The maximum Gasteiger partial charge on any atom is 0.255 e. The Morgan fingerprint density at radius 1 is 1.37 bits per heavy atom. The summed E-state index contributed by atoms with van der Waals surface area (Å²) < 4.78 is 4.92. The van der Waals surface area contributed by atoms with Crippen LogP contribution in [-0.4, -0.2) is 23.1 Å². The van der Waals surface area contributed by atoms with Crippen molar-refractivity contribution < 1.29 is 14.6 Å². The largest absolute Gasteiger partial charge is 0.506 e. The summed E-state index contributed by atoms with van der Waals surface area (Å²) in [5.41, 5.74) is 6.53. The molecule has 2 aromatic rings. The van der Waals surface area contributed by atoms with Crippen molar-refractivity contribution in [3.63, 3.8) is 0 Å². The molecule has 0 spiro atoms. The molecule has 1 heterocycles. The lowest BCUT2D eigenvalue weighted by atomic mass is 10.2. The summed E-state index contributed by atoms with van der Waals surface area (Å²) in [4.78, 5) is 15.9. The highest BCUT2D eigenvalue weighted by atomic mass is 16.5. The number of methoxy groups -OCH3 is 1. The fraction of sp³-hybridized carbons (Fsp3) is 0.0769. The zero-order chi connectivity index (χ0) is 13.8. The number of nitrogens with zero attached hydrogens (tertiary/aromatic N) is 1. The summed E-state index contributed by atoms with van der Waals surface area (Å²) in [6.45, 7) is 0. The number of anilines is 2. The number of nitrogens with two attached hydrogens (primary N) is 1. The highest BCUT2D eigenvalue weighted by Gasteiger charge is 2.08. The molecule has 0 unspecified atom stereocenters. The maximum absolute atomic E-state index is 11.9. The number of carbonyl (C=O) groups excluding carboxylic acids is 1. The van der Waals surface area contributed by atoms with Crippen molar-refractivity contribution in [1.29, 1.82) is 0 Å². The molecule has 0 radical (unpaired) electrons. The van der Waals surface area contributed by atoms with Gasteiger partial charge in [0.1, 0.15) is 5.75 Å². The molecule has 0 aliphatic rings. The van der Waals surface area contributed by atoms with Crippen molar-refractivity contribution in [2.45, 2.75) is 0 Å². The van der Waals surface area contributed by atoms with Crippen LogP contribution in [0, 0.1) is 0 Å². The van der Waals surface area contributed by atoms with Crippen molar-refractivity contribution in [2.75, 3.05) is 18.2 Å². The van der Waals surface area contributed by atoms with E-state index in [4.69, 9.17) is 10.5 Å². The van der Waals surface area contributed by atoms with E-state index in [1.54, 1.807) is 12.1 Å². The molecule has 0 aliphatic carbocycles. The minimum atomic E-state index is -0.359. The van der Waals surface area contributed by atoms with E-state index in [2.05, 4.69) is 10.3 Å². The lowest BCUT2D eigenvalue weighted by Gasteiger charge is -2.06. The summed E-state index contributed by atoms with van der Waals surface area (Å²) >= 11 is 0. The van der Waals surface area contributed by atoms with E-state index in [0.29, 0.717) is 17.1 Å². The van der Waals surface area contributed by atoms with Crippen LogP contribution in [0.25, 0.3) is 0 Å². The predicted molar refractivity (Wildman–Crippen MR) is 71.3 cm³/mol. The first-order valence-electron chi connectivity index (χ1n) is 5.50. The molecule has 4 N–H and O–H groups in total. The molecule has 0 fully saturated rings. The third-order valence-corrected chi connectivity index (χ3v) is 2.50. The smallest absolute Gasteiger partial charge is 0.255 e. The molecular formula is C13H13N3O3. The van der Waals surface area contributed by atoms with Crippen LogP contribution in [0.4, 0.5) is 11.4 Å². The third-order valence-electron chi connectivity index (χ3n) is 2.50. The molecule has 1 amide bonds. The van der Waals surface area contributed by atoms with E-state index in [1.807, 2.05) is 0 Å². The molecule has 0 saturated carbocycles. The molecule has 6 heteroatoms. The number of benzene rings is 1. The second-order valence-corrected chi connectivity index (χ2v) is 3.82. The van der Waals surface area contributed by atoms with Gasteiger partial charge in [0.15, 0.2) is 0 Å². The van der Waals surface area contributed by atoms with Crippen molar-refractivity contribution in [3.05, 3.63) is 42.1 Å². The monoisotopic (exact) mass is 259 g/mol. The Kier molecular flexibility index (Phi) is 3.51. The quantitative estimate of drug-likeness (QED) is 0.575. The Balaban J connectivity index is 2.13. The number of nitrogen functional groups attached to an aromatic ring is 1. The highest BCUT2D eigenvalue weighted by Crippen LogP contribution is 2.21. The molecule has 0 atom stereocenters. The summed E-state index contributed by atoms with van der Waals surface area (Å²) in [6, 6.07) is 7.61. The van der Waals surface area contributed by atoms with Gasteiger partial charge >= 0.3 is 0 Å². The summed E-state index contributed by atoms with van der Waals surface area (Å²) in [5, 5.41) is 12.1. The Labute approximate surface area is 109 Å². The van der Waals surface area contributed by atoms with Crippen LogP contribution in [0.15, 0.2) is 36.5 Å². The highest BCUT2D eigenvalue weighted by molar-refractivity contribution is 6.04. The van der Waals surface area contributed by atoms with Gasteiger partial charge in [0.05, 0.1) is 24.7 Å². The van der Waals surface area contributed by atoms with Crippen LogP contribution >= 0.6 is 0 Å². The lowest BCUT2D eigenvalue weighted by molar-refractivity contribution is 0.102. The van der Waals surface area contributed by atoms with Gasteiger partial charge in [-0.05, 0) is 24.3 Å². The average Bonchev–Trinajstić information content (AvgIpc) is 2.42. The second kappa shape index (κ2) is 5.26. The van der Waals surface area contributed by atoms with E-state index in [1.165, 1.54) is 31.5 Å². The summed E-state index contributed by atoms with van der Waals surface area (Å²) in [5.74, 6) is -0.0223. The van der Waals surface area contributed by atoms with Crippen molar-refractivity contribution >= 4 is 17.3 Å². The van der Waals surface area contributed by atoms with Crippen LogP contribution in [0.1, 0.15) is 10.4 Å². The number of ether oxygens (including phenoxy) is 1. The maximum atomic E-state index is 11.9.